The number of amides is 2. The molecule has 3 N–H and O–H groups in total. The van der Waals surface area contributed by atoms with E-state index in [0.717, 1.165) is 27.9 Å². The number of nitrogens with zero attached hydrogens (tertiary/aromatic N) is 1. The van der Waals surface area contributed by atoms with Gasteiger partial charge in [-0.2, -0.15) is 0 Å². The third kappa shape index (κ3) is 5.15. The lowest BCUT2D eigenvalue weighted by molar-refractivity contribution is 0.252. The maximum atomic E-state index is 12.9. The molecule has 0 aliphatic heterocycles. The van der Waals surface area contributed by atoms with Crippen molar-refractivity contribution in [3.05, 3.63) is 65.7 Å². The summed E-state index contributed by atoms with van der Waals surface area (Å²) >= 11 is 0. The summed E-state index contributed by atoms with van der Waals surface area (Å²) < 4.78 is 28.4. The second-order valence-electron chi connectivity index (χ2n) is 7.57. The molecule has 0 heterocycles. The van der Waals surface area contributed by atoms with Gasteiger partial charge < -0.3 is 15.5 Å². The zero-order chi connectivity index (χ0) is 22.6. The highest BCUT2D eigenvalue weighted by Gasteiger charge is 2.18. The van der Waals surface area contributed by atoms with E-state index in [1.165, 1.54) is 0 Å². The third-order valence-electron chi connectivity index (χ3n) is 5.05. The topological polar surface area (TPSA) is 90.5 Å². The van der Waals surface area contributed by atoms with Crippen molar-refractivity contribution in [1.29, 1.82) is 0 Å². The van der Waals surface area contributed by atoms with E-state index in [9.17, 15) is 13.2 Å². The van der Waals surface area contributed by atoms with Gasteiger partial charge in [-0.15, -0.1) is 0 Å². The number of carbonyl (C=O) groups excluding carboxylic acids is 1. The second kappa shape index (κ2) is 9.36. The molecule has 0 aromatic heterocycles. The molecule has 2 amide bonds. The van der Waals surface area contributed by atoms with E-state index in [1.54, 1.807) is 18.2 Å². The summed E-state index contributed by atoms with van der Waals surface area (Å²) in [6.07, 6.45) is 0. The number of rotatable bonds is 7. The molecule has 0 atom stereocenters. The van der Waals surface area contributed by atoms with Crippen LogP contribution in [0.25, 0.3) is 10.8 Å². The first-order valence-electron chi connectivity index (χ1n) is 10.0. The number of fused-ring (bicyclic) bond motifs is 1. The summed E-state index contributed by atoms with van der Waals surface area (Å²) in [6.45, 7) is 4.07. The predicted octanol–water partition coefficient (Wildman–Crippen LogP) is 3.62. The molecule has 0 saturated carbocycles. The van der Waals surface area contributed by atoms with Crippen LogP contribution in [-0.2, 0) is 10.0 Å². The number of aryl methyl sites for hydroxylation is 2. The number of hydrogen-bond acceptors (Lipinski definition) is 4. The van der Waals surface area contributed by atoms with Crippen LogP contribution < -0.4 is 20.3 Å². The minimum Gasteiger partial charge on any atom is -0.377 e. The molecule has 0 radical (unpaired) electrons. The van der Waals surface area contributed by atoms with Crippen LogP contribution in [0.4, 0.5) is 16.2 Å². The smallest absolute Gasteiger partial charge is 0.319 e. The van der Waals surface area contributed by atoms with Crippen LogP contribution in [0.5, 0.6) is 0 Å². The Bertz CT molecular complexity index is 1190. The van der Waals surface area contributed by atoms with Crippen molar-refractivity contribution in [2.24, 2.45) is 0 Å². The molecule has 0 fully saturated rings. The van der Waals surface area contributed by atoms with Crippen LogP contribution in [-0.4, -0.2) is 41.6 Å². The summed E-state index contributed by atoms with van der Waals surface area (Å²) in [5, 5.41) is 7.02. The Morgan fingerprint density at radius 1 is 0.871 bits per heavy atom. The molecule has 0 bridgehead atoms. The standard InChI is InChI=1S/C23H28N4O3S/c1-16-8-5-9-17(2)22(16)26-23(28)24-14-15-25-31(29,30)21-13-7-10-18-19(21)11-6-12-20(18)27(3)4/h5-13,25H,14-15H2,1-4H3,(H2,24,26,28). The van der Waals surface area contributed by atoms with Gasteiger partial charge in [0.25, 0.3) is 0 Å². The fourth-order valence-corrected chi connectivity index (χ4v) is 4.75. The Balaban J connectivity index is 1.65. The Morgan fingerprint density at radius 2 is 1.48 bits per heavy atom. The van der Waals surface area contributed by atoms with E-state index in [4.69, 9.17) is 0 Å². The maximum Gasteiger partial charge on any atom is 0.319 e. The van der Waals surface area contributed by atoms with Crippen molar-refractivity contribution < 1.29 is 13.2 Å². The van der Waals surface area contributed by atoms with Crippen molar-refractivity contribution in [2.45, 2.75) is 18.7 Å². The van der Waals surface area contributed by atoms with Crippen molar-refractivity contribution in [2.75, 3.05) is 37.4 Å². The van der Waals surface area contributed by atoms with Crippen molar-refractivity contribution >= 4 is 38.2 Å². The first kappa shape index (κ1) is 22.6. The monoisotopic (exact) mass is 440 g/mol. The predicted molar refractivity (Wildman–Crippen MR) is 126 cm³/mol. The van der Waals surface area contributed by atoms with Gasteiger partial charge in [0.05, 0.1) is 4.90 Å². The van der Waals surface area contributed by atoms with Gasteiger partial charge in [0.15, 0.2) is 0 Å². The Hall–Kier alpha value is -3.10. The lowest BCUT2D eigenvalue weighted by Crippen LogP contribution is -2.37. The van der Waals surface area contributed by atoms with Gasteiger partial charge in [0.1, 0.15) is 0 Å². The number of para-hydroxylation sites is 1. The lowest BCUT2D eigenvalue weighted by atomic mass is 10.1. The van der Waals surface area contributed by atoms with Crippen molar-refractivity contribution in [3.8, 4) is 0 Å². The van der Waals surface area contributed by atoms with Gasteiger partial charge >= 0.3 is 6.03 Å². The van der Waals surface area contributed by atoms with Gasteiger partial charge in [-0.1, -0.05) is 42.5 Å². The minimum absolute atomic E-state index is 0.0757. The molecule has 3 aromatic rings. The Kier molecular flexibility index (Phi) is 6.82. The van der Waals surface area contributed by atoms with Gasteiger partial charge in [-0.3, -0.25) is 0 Å². The van der Waals surface area contributed by atoms with Gasteiger partial charge in [0, 0.05) is 49.3 Å². The molecular weight excluding hydrogens is 412 g/mol. The molecule has 0 unspecified atom stereocenters. The van der Waals surface area contributed by atoms with Gasteiger partial charge in [-0.25, -0.2) is 17.9 Å². The Labute approximate surface area is 183 Å². The zero-order valence-corrected chi connectivity index (χ0v) is 19.0. The van der Waals surface area contributed by atoms with E-state index in [2.05, 4.69) is 15.4 Å². The number of urea groups is 1. The SMILES string of the molecule is Cc1cccc(C)c1NC(=O)NCCNS(=O)(=O)c1cccc2c(N(C)C)cccc12. The summed E-state index contributed by atoms with van der Waals surface area (Å²) in [7, 11) is 0.100. The summed E-state index contributed by atoms with van der Waals surface area (Å²) in [4.78, 5) is 14.3. The summed E-state index contributed by atoms with van der Waals surface area (Å²) in [5.74, 6) is 0. The molecule has 0 aliphatic rings. The number of anilines is 2. The second-order valence-corrected chi connectivity index (χ2v) is 9.30. The quantitative estimate of drug-likeness (QED) is 0.490. The van der Waals surface area contributed by atoms with Crippen LogP contribution in [0.15, 0.2) is 59.5 Å². The van der Waals surface area contributed by atoms with Gasteiger partial charge in [0.2, 0.25) is 10.0 Å². The molecule has 0 aliphatic carbocycles. The van der Waals surface area contributed by atoms with Crippen molar-refractivity contribution in [1.82, 2.24) is 10.0 Å². The maximum absolute atomic E-state index is 12.9. The first-order valence-corrected chi connectivity index (χ1v) is 11.5. The molecule has 3 aromatic carbocycles. The molecule has 8 heteroatoms. The average Bonchev–Trinajstić information content (AvgIpc) is 2.73. The first-order chi connectivity index (χ1) is 14.7. The minimum atomic E-state index is -3.74. The summed E-state index contributed by atoms with van der Waals surface area (Å²) in [5.41, 5.74) is 3.63. The highest BCUT2D eigenvalue weighted by atomic mass is 32.2. The molecule has 3 rings (SSSR count). The number of hydrogen-bond donors (Lipinski definition) is 3. The van der Waals surface area contributed by atoms with E-state index < -0.39 is 10.0 Å². The van der Waals surface area contributed by atoms with E-state index in [-0.39, 0.29) is 24.0 Å². The van der Waals surface area contributed by atoms with Crippen LogP contribution in [0, 0.1) is 13.8 Å². The molecule has 0 saturated heterocycles. The third-order valence-corrected chi connectivity index (χ3v) is 6.57. The number of sulfonamides is 1. The lowest BCUT2D eigenvalue weighted by Gasteiger charge is -2.17. The molecule has 0 spiro atoms. The summed E-state index contributed by atoms with van der Waals surface area (Å²) in [6, 6.07) is 16.2. The highest BCUT2D eigenvalue weighted by molar-refractivity contribution is 7.89. The van der Waals surface area contributed by atoms with E-state index >= 15 is 0 Å². The Morgan fingerprint density at radius 3 is 2.16 bits per heavy atom. The molecule has 31 heavy (non-hydrogen) atoms. The largest absolute Gasteiger partial charge is 0.377 e. The van der Waals surface area contributed by atoms with Gasteiger partial charge in [-0.05, 0) is 37.1 Å². The number of nitrogens with one attached hydrogen (secondary N) is 3. The molecule has 7 nitrogen and oxygen atoms in total. The molecule has 164 valence electrons. The molecular formula is C23H28N4O3S. The zero-order valence-electron chi connectivity index (χ0n) is 18.2. The van der Waals surface area contributed by atoms with E-state index in [1.807, 2.05) is 69.2 Å². The normalized spacial score (nSPS) is 11.4. The number of carbonyl (C=O) groups is 1. The fourth-order valence-electron chi connectivity index (χ4n) is 3.50. The fraction of sp³-hybridized carbons (Fsp3) is 0.261. The average molecular weight is 441 g/mol. The van der Waals surface area contributed by atoms with E-state index in [0.29, 0.717) is 5.39 Å². The van der Waals surface area contributed by atoms with Crippen LogP contribution in [0.2, 0.25) is 0 Å². The van der Waals surface area contributed by atoms with Crippen LogP contribution in [0.1, 0.15) is 11.1 Å². The number of benzene rings is 3. The highest BCUT2D eigenvalue weighted by Crippen LogP contribution is 2.30. The van der Waals surface area contributed by atoms with Crippen LogP contribution in [0.3, 0.4) is 0 Å². The van der Waals surface area contributed by atoms with Crippen LogP contribution >= 0.6 is 0 Å². The van der Waals surface area contributed by atoms with Crippen molar-refractivity contribution in [3.63, 3.8) is 0 Å².